The first-order valence-electron chi connectivity index (χ1n) is 9.57. The zero-order valence-electron chi connectivity index (χ0n) is 16.7. The molecule has 0 rings (SSSR count). The standard InChI is InChI=1S/C19H36N2O5/c1-5-6-7-8-9-10-11-12-15(2)20-18(25)19(26,14-17(23)24)13-16(22)21(3)4/h15,26H,5-14H2,1-4H3,(H,20,25)(H,23,24). The van der Waals surface area contributed by atoms with Gasteiger partial charge in [0.1, 0.15) is 0 Å². The molecule has 0 aliphatic heterocycles. The Hall–Kier alpha value is -1.63. The molecule has 2 atom stereocenters. The maximum absolute atomic E-state index is 12.4. The van der Waals surface area contributed by atoms with Crippen LogP contribution in [0.1, 0.15) is 78.1 Å². The molecule has 0 saturated heterocycles. The van der Waals surface area contributed by atoms with Gasteiger partial charge in [0.15, 0.2) is 5.60 Å². The third-order valence-corrected chi connectivity index (χ3v) is 4.43. The second-order valence-electron chi connectivity index (χ2n) is 7.35. The van der Waals surface area contributed by atoms with E-state index in [9.17, 15) is 19.5 Å². The summed E-state index contributed by atoms with van der Waals surface area (Å²) in [5.41, 5.74) is -2.23. The van der Waals surface area contributed by atoms with Crippen molar-refractivity contribution in [3.05, 3.63) is 0 Å². The average Bonchev–Trinajstić information content (AvgIpc) is 2.52. The molecular formula is C19H36N2O5. The maximum Gasteiger partial charge on any atom is 0.306 e. The van der Waals surface area contributed by atoms with Crippen LogP contribution in [0.15, 0.2) is 0 Å². The van der Waals surface area contributed by atoms with Gasteiger partial charge < -0.3 is 20.4 Å². The van der Waals surface area contributed by atoms with E-state index in [1.165, 1.54) is 51.1 Å². The number of carboxylic acids is 1. The molecule has 0 radical (unpaired) electrons. The first kappa shape index (κ1) is 24.4. The second kappa shape index (κ2) is 12.7. The van der Waals surface area contributed by atoms with Crippen LogP contribution in [-0.2, 0) is 14.4 Å². The largest absolute Gasteiger partial charge is 0.481 e. The van der Waals surface area contributed by atoms with Gasteiger partial charge in [-0.3, -0.25) is 14.4 Å². The minimum absolute atomic E-state index is 0.187. The van der Waals surface area contributed by atoms with Crippen LogP contribution in [0.25, 0.3) is 0 Å². The van der Waals surface area contributed by atoms with Gasteiger partial charge in [0.25, 0.3) is 5.91 Å². The lowest BCUT2D eigenvalue weighted by Gasteiger charge is -2.28. The lowest BCUT2D eigenvalue weighted by Crippen LogP contribution is -2.52. The van der Waals surface area contributed by atoms with E-state index in [1.54, 1.807) is 0 Å². The summed E-state index contributed by atoms with van der Waals surface area (Å²) in [5, 5.41) is 22.1. The summed E-state index contributed by atoms with van der Waals surface area (Å²) in [6, 6.07) is -0.187. The fourth-order valence-corrected chi connectivity index (χ4v) is 2.72. The molecule has 0 bridgehead atoms. The summed E-state index contributed by atoms with van der Waals surface area (Å²) >= 11 is 0. The molecule has 26 heavy (non-hydrogen) atoms. The zero-order chi connectivity index (χ0) is 20.2. The number of aliphatic hydroxyl groups is 1. The molecule has 0 fully saturated rings. The highest BCUT2D eigenvalue weighted by atomic mass is 16.4. The Morgan fingerprint density at radius 3 is 2.04 bits per heavy atom. The molecule has 2 unspecified atom stereocenters. The highest BCUT2D eigenvalue weighted by Gasteiger charge is 2.41. The lowest BCUT2D eigenvalue weighted by molar-refractivity contribution is -0.157. The molecule has 0 aliphatic carbocycles. The van der Waals surface area contributed by atoms with Crippen LogP contribution in [0.5, 0.6) is 0 Å². The Morgan fingerprint density at radius 1 is 1.00 bits per heavy atom. The van der Waals surface area contributed by atoms with Crippen LogP contribution in [0.4, 0.5) is 0 Å². The van der Waals surface area contributed by atoms with Gasteiger partial charge in [-0.2, -0.15) is 0 Å². The van der Waals surface area contributed by atoms with Gasteiger partial charge in [0, 0.05) is 20.1 Å². The molecule has 0 aromatic carbocycles. The van der Waals surface area contributed by atoms with Crippen molar-refractivity contribution in [2.75, 3.05) is 14.1 Å². The molecule has 7 heteroatoms. The first-order chi connectivity index (χ1) is 12.1. The Morgan fingerprint density at radius 2 is 1.54 bits per heavy atom. The van der Waals surface area contributed by atoms with E-state index in [2.05, 4.69) is 12.2 Å². The third-order valence-electron chi connectivity index (χ3n) is 4.43. The van der Waals surface area contributed by atoms with Crippen LogP contribution < -0.4 is 5.32 Å². The zero-order valence-corrected chi connectivity index (χ0v) is 16.7. The summed E-state index contributed by atoms with van der Waals surface area (Å²) in [4.78, 5) is 36.5. The predicted molar refractivity (Wildman–Crippen MR) is 101 cm³/mol. The SMILES string of the molecule is CCCCCCCCCC(C)NC(=O)C(O)(CC(=O)O)CC(=O)N(C)C. The molecular weight excluding hydrogens is 336 g/mol. The molecule has 3 N–H and O–H groups in total. The summed E-state index contributed by atoms with van der Waals surface area (Å²) in [6.07, 6.45) is 7.57. The van der Waals surface area contributed by atoms with Crippen LogP contribution in [0.2, 0.25) is 0 Å². The van der Waals surface area contributed by atoms with Crippen molar-refractivity contribution < 1.29 is 24.6 Å². The fourth-order valence-electron chi connectivity index (χ4n) is 2.72. The molecule has 2 amide bonds. The molecule has 0 heterocycles. The number of rotatable bonds is 14. The number of amides is 2. The summed E-state index contributed by atoms with van der Waals surface area (Å²) < 4.78 is 0. The lowest BCUT2D eigenvalue weighted by atomic mass is 9.93. The number of carboxylic acid groups (broad SMARTS) is 1. The Balaban J connectivity index is 4.45. The molecule has 0 aromatic heterocycles. The van der Waals surface area contributed by atoms with E-state index in [1.807, 2.05) is 6.92 Å². The fraction of sp³-hybridized carbons (Fsp3) is 0.842. The van der Waals surface area contributed by atoms with Crippen molar-refractivity contribution in [1.82, 2.24) is 10.2 Å². The van der Waals surface area contributed by atoms with Gasteiger partial charge in [0.05, 0.1) is 12.8 Å². The average molecular weight is 373 g/mol. The van der Waals surface area contributed by atoms with E-state index in [4.69, 9.17) is 5.11 Å². The van der Waals surface area contributed by atoms with Crippen LogP contribution >= 0.6 is 0 Å². The van der Waals surface area contributed by atoms with Crippen LogP contribution in [-0.4, -0.2) is 58.6 Å². The third kappa shape index (κ3) is 10.4. The molecule has 0 aliphatic rings. The quantitative estimate of drug-likeness (QED) is 0.406. The summed E-state index contributed by atoms with van der Waals surface area (Å²) in [6.45, 7) is 4.01. The van der Waals surface area contributed by atoms with Gasteiger partial charge in [0.2, 0.25) is 5.91 Å². The van der Waals surface area contributed by atoms with Gasteiger partial charge in [-0.05, 0) is 13.3 Å². The second-order valence-corrected chi connectivity index (χ2v) is 7.35. The van der Waals surface area contributed by atoms with Crippen molar-refractivity contribution in [2.24, 2.45) is 0 Å². The van der Waals surface area contributed by atoms with Crippen LogP contribution in [0.3, 0.4) is 0 Å². The van der Waals surface area contributed by atoms with E-state index < -0.39 is 36.2 Å². The van der Waals surface area contributed by atoms with Crippen molar-refractivity contribution >= 4 is 17.8 Å². The number of carbonyl (C=O) groups excluding carboxylic acids is 2. The normalized spacial score (nSPS) is 14.3. The summed E-state index contributed by atoms with van der Waals surface area (Å²) in [5.74, 6) is -2.62. The highest BCUT2D eigenvalue weighted by Crippen LogP contribution is 2.18. The van der Waals surface area contributed by atoms with Gasteiger partial charge in [-0.15, -0.1) is 0 Å². The van der Waals surface area contributed by atoms with Gasteiger partial charge in [-0.25, -0.2) is 0 Å². The molecule has 0 aromatic rings. The number of carbonyl (C=O) groups is 3. The van der Waals surface area contributed by atoms with E-state index in [0.29, 0.717) is 0 Å². The first-order valence-corrected chi connectivity index (χ1v) is 9.57. The van der Waals surface area contributed by atoms with Gasteiger partial charge in [-0.1, -0.05) is 51.9 Å². The Labute approximate surface area is 157 Å². The van der Waals surface area contributed by atoms with Crippen molar-refractivity contribution in [3.8, 4) is 0 Å². The highest BCUT2D eigenvalue weighted by molar-refractivity contribution is 5.94. The molecule has 0 saturated carbocycles. The number of aliphatic carboxylic acids is 1. The minimum Gasteiger partial charge on any atom is -0.481 e. The number of nitrogens with zero attached hydrogens (tertiary/aromatic N) is 1. The van der Waals surface area contributed by atoms with Crippen molar-refractivity contribution in [3.63, 3.8) is 0 Å². The van der Waals surface area contributed by atoms with E-state index >= 15 is 0 Å². The Kier molecular flexibility index (Phi) is 11.9. The minimum atomic E-state index is -2.23. The smallest absolute Gasteiger partial charge is 0.306 e. The molecule has 7 nitrogen and oxygen atoms in total. The molecule has 0 spiro atoms. The summed E-state index contributed by atoms with van der Waals surface area (Å²) in [7, 11) is 2.98. The van der Waals surface area contributed by atoms with E-state index in [-0.39, 0.29) is 6.04 Å². The predicted octanol–water partition coefficient (Wildman–Crippen LogP) is 2.32. The van der Waals surface area contributed by atoms with Crippen molar-refractivity contribution in [1.29, 1.82) is 0 Å². The number of hydrogen-bond donors (Lipinski definition) is 3. The topological polar surface area (TPSA) is 107 Å². The number of hydrogen-bond acceptors (Lipinski definition) is 4. The monoisotopic (exact) mass is 372 g/mol. The van der Waals surface area contributed by atoms with Crippen LogP contribution in [0, 0.1) is 0 Å². The number of nitrogens with one attached hydrogen (secondary N) is 1. The molecule has 152 valence electrons. The van der Waals surface area contributed by atoms with Gasteiger partial charge >= 0.3 is 5.97 Å². The number of unbranched alkanes of at least 4 members (excludes halogenated alkanes) is 6. The van der Waals surface area contributed by atoms with E-state index in [0.717, 1.165) is 19.3 Å². The Bertz CT molecular complexity index is 453. The van der Waals surface area contributed by atoms with Crippen molar-refractivity contribution in [2.45, 2.75) is 89.7 Å². The maximum atomic E-state index is 12.4.